The predicted molar refractivity (Wildman–Crippen MR) is 124 cm³/mol. The number of benzene rings is 2. The van der Waals surface area contributed by atoms with Gasteiger partial charge in [0.1, 0.15) is 4.90 Å². The molecule has 0 spiro atoms. The molecule has 3 heterocycles. The maximum Gasteiger partial charge on any atom is 0.268 e. The summed E-state index contributed by atoms with van der Waals surface area (Å²) in [5.41, 5.74) is 2.98. The first-order valence-corrected chi connectivity index (χ1v) is 12.4. The highest BCUT2D eigenvalue weighted by molar-refractivity contribution is 7.93. The SMILES string of the molecule is Cc1nn(CC(O)CN2C(=O)c3ccccc3C2=O)c(C)c1S(=O)(=O)N1CCc2ccccc21. The van der Waals surface area contributed by atoms with Gasteiger partial charge in [-0.25, -0.2) is 8.42 Å². The molecule has 1 atom stereocenters. The van der Waals surface area contributed by atoms with Crippen LogP contribution < -0.4 is 4.31 Å². The molecule has 0 saturated carbocycles. The maximum absolute atomic E-state index is 13.5. The van der Waals surface area contributed by atoms with Crippen molar-refractivity contribution < 1.29 is 23.1 Å². The number of carbonyl (C=O) groups is 2. The molecule has 9 nitrogen and oxygen atoms in total. The number of carbonyl (C=O) groups excluding carboxylic acids is 2. The summed E-state index contributed by atoms with van der Waals surface area (Å²) < 4.78 is 29.9. The van der Waals surface area contributed by atoms with Crippen molar-refractivity contribution >= 4 is 27.5 Å². The Morgan fingerprint density at radius 3 is 2.26 bits per heavy atom. The summed E-state index contributed by atoms with van der Waals surface area (Å²) in [7, 11) is -3.85. The Hall–Kier alpha value is -3.50. The van der Waals surface area contributed by atoms with Crippen LogP contribution in [0.15, 0.2) is 53.4 Å². The third kappa shape index (κ3) is 3.41. The van der Waals surface area contributed by atoms with Crippen LogP contribution in [0.5, 0.6) is 0 Å². The summed E-state index contributed by atoms with van der Waals surface area (Å²) in [6.07, 6.45) is -0.482. The lowest BCUT2D eigenvalue weighted by atomic mass is 10.1. The first-order valence-electron chi connectivity index (χ1n) is 11.0. The van der Waals surface area contributed by atoms with E-state index in [-0.39, 0.29) is 18.0 Å². The van der Waals surface area contributed by atoms with Crippen LogP contribution in [-0.2, 0) is 23.0 Å². The van der Waals surface area contributed by atoms with Gasteiger partial charge in [-0.15, -0.1) is 0 Å². The Bertz CT molecular complexity index is 1390. The van der Waals surface area contributed by atoms with E-state index in [2.05, 4.69) is 5.10 Å². The highest BCUT2D eigenvalue weighted by atomic mass is 32.2. The highest BCUT2D eigenvalue weighted by Crippen LogP contribution is 2.34. The minimum atomic E-state index is -3.85. The van der Waals surface area contributed by atoms with Gasteiger partial charge in [0, 0.05) is 6.54 Å². The van der Waals surface area contributed by atoms with Crippen LogP contribution in [0.4, 0.5) is 5.69 Å². The molecular weight excluding hydrogens is 456 g/mol. The van der Waals surface area contributed by atoms with E-state index in [0.29, 0.717) is 41.2 Å². The molecular formula is C24H24N4O5S. The Labute approximate surface area is 197 Å². The maximum atomic E-state index is 13.5. The number of aliphatic hydroxyl groups excluding tert-OH is 1. The third-order valence-corrected chi connectivity index (χ3v) is 8.43. The molecule has 2 aliphatic rings. The van der Waals surface area contributed by atoms with E-state index in [4.69, 9.17) is 0 Å². The van der Waals surface area contributed by atoms with Crippen molar-refractivity contribution in [3.63, 3.8) is 0 Å². The fraction of sp³-hybridized carbons (Fsp3) is 0.292. The molecule has 0 aliphatic carbocycles. The molecule has 3 aromatic rings. The van der Waals surface area contributed by atoms with E-state index in [0.717, 1.165) is 10.5 Å². The summed E-state index contributed by atoms with van der Waals surface area (Å²) in [6, 6.07) is 13.9. The van der Waals surface area contributed by atoms with Crippen molar-refractivity contribution in [1.82, 2.24) is 14.7 Å². The zero-order valence-corrected chi connectivity index (χ0v) is 19.6. The molecule has 0 saturated heterocycles. The molecule has 2 aromatic carbocycles. The van der Waals surface area contributed by atoms with Crippen LogP contribution in [0.2, 0.25) is 0 Å². The number of sulfonamides is 1. The molecule has 0 radical (unpaired) electrons. The zero-order valence-electron chi connectivity index (χ0n) is 18.8. The first-order chi connectivity index (χ1) is 16.2. The minimum absolute atomic E-state index is 0.0633. The second-order valence-corrected chi connectivity index (χ2v) is 10.4. The van der Waals surface area contributed by atoms with Crippen LogP contribution in [0.3, 0.4) is 0 Å². The van der Waals surface area contributed by atoms with E-state index < -0.39 is 27.9 Å². The van der Waals surface area contributed by atoms with Crippen LogP contribution in [0, 0.1) is 13.8 Å². The van der Waals surface area contributed by atoms with Gasteiger partial charge < -0.3 is 5.11 Å². The number of aromatic nitrogens is 2. The van der Waals surface area contributed by atoms with Crippen molar-refractivity contribution in [2.24, 2.45) is 0 Å². The van der Waals surface area contributed by atoms with Gasteiger partial charge in [0.05, 0.1) is 47.4 Å². The van der Waals surface area contributed by atoms with Gasteiger partial charge in [-0.05, 0) is 44.0 Å². The van der Waals surface area contributed by atoms with E-state index in [1.54, 1.807) is 44.2 Å². The number of amides is 2. The van der Waals surface area contributed by atoms with Crippen molar-refractivity contribution in [2.75, 3.05) is 17.4 Å². The van der Waals surface area contributed by atoms with Gasteiger partial charge in [-0.1, -0.05) is 30.3 Å². The van der Waals surface area contributed by atoms with Gasteiger partial charge >= 0.3 is 0 Å². The Morgan fingerprint density at radius 1 is 0.971 bits per heavy atom. The average Bonchev–Trinajstić information content (AvgIpc) is 3.44. The Kier molecular flexibility index (Phi) is 5.29. The van der Waals surface area contributed by atoms with E-state index in [9.17, 15) is 23.1 Å². The average molecular weight is 481 g/mol. The van der Waals surface area contributed by atoms with Gasteiger partial charge in [0.25, 0.3) is 21.8 Å². The number of fused-ring (bicyclic) bond motifs is 2. The number of rotatable bonds is 6. The molecule has 2 amide bonds. The van der Waals surface area contributed by atoms with Gasteiger partial charge in [-0.2, -0.15) is 5.10 Å². The second-order valence-electron chi connectivity index (χ2n) is 8.56. The van der Waals surface area contributed by atoms with Crippen LogP contribution in [0.1, 0.15) is 37.7 Å². The number of aryl methyl sites for hydroxylation is 1. The molecule has 2 aliphatic heterocycles. The number of para-hydroxylation sites is 1. The van der Waals surface area contributed by atoms with E-state index in [1.807, 2.05) is 18.2 Å². The number of anilines is 1. The third-order valence-electron chi connectivity index (χ3n) is 6.36. The molecule has 1 N–H and O–H groups in total. The van der Waals surface area contributed by atoms with Gasteiger partial charge in [0.15, 0.2) is 0 Å². The summed E-state index contributed by atoms with van der Waals surface area (Å²) in [4.78, 5) is 26.3. The van der Waals surface area contributed by atoms with Crippen molar-refractivity contribution in [3.05, 3.63) is 76.6 Å². The summed E-state index contributed by atoms with van der Waals surface area (Å²) >= 11 is 0. The standard InChI is InChI=1S/C24H24N4O5S/c1-15-22(34(32,33)28-12-11-17-7-3-6-10-21(17)28)16(2)27(25-15)14-18(29)13-26-23(30)19-8-4-5-9-20(19)24(26)31/h3-10,18,29H,11-14H2,1-2H3. The Morgan fingerprint density at radius 2 is 1.59 bits per heavy atom. The highest BCUT2D eigenvalue weighted by Gasteiger charge is 2.37. The fourth-order valence-corrected chi connectivity index (χ4v) is 6.65. The molecule has 1 unspecified atom stereocenters. The number of aliphatic hydroxyl groups is 1. The van der Waals surface area contributed by atoms with Crippen molar-refractivity contribution in [2.45, 2.75) is 37.8 Å². The largest absolute Gasteiger partial charge is 0.389 e. The molecule has 34 heavy (non-hydrogen) atoms. The number of imide groups is 1. The van der Waals surface area contributed by atoms with Crippen molar-refractivity contribution in [3.8, 4) is 0 Å². The quantitative estimate of drug-likeness (QED) is 0.540. The van der Waals surface area contributed by atoms with E-state index in [1.165, 1.54) is 8.99 Å². The Balaban J connectivity index is 1.37. The molecule has 176 valence electrons. The van der Waals surface area contributed by atoms with Gasteiger partial charge in [0.2, 0.25) is 0 Å². The summed E-state index contributed by atoms with van der Waals surface area (Å²) in [6.45, 7) is 3.34. The molecule has 1 aromatic heterocycles. The van der Waals surface area contributed by atoms with Crippen LogP contribution in [-0.4, -0.2) is 59.2 Å². The molecule has 5 rings (SSSR count). The zero-order chi connectivity index (χ0) is 24.2. The topological polar surface area (TPSA) is 113 Å². The lowest BCUT2D eigenvalue weighted by Crippen LogP contribution is -2.38. The number of hydrogen-bond donors (Lipinski definition) is 1. The normalized spacial score (nSPS) is 16.2. The monoisotopic (exact) mass is 480 g/mol. The number of hydrogen-bond acceptors (Lipinski definition) is 6. The van der Waals surface area contributed by atoms with Gasteiger partial charge in [-0.3, -0.25) is 23.5 Å². The smallest absolute Gasteiger partial charge is 0.268 e. The first kappa shape index (κ1) is 22.3. The summed E-state index contributed by atoms with van der Waals surface area (Å²) in [5.74, 6) is -0.909. The summed E-state index contributed by atoms with van der Waals surface area (Å²) in [5, 5.41) is 15.0. The fourth-order valence-electron chi connectivity index (χ4n) is 4.77. The lowest BCUT2D eigenvalue weighted by Gasteiger charge is -2.20. The minimum Gasteiger partial charge on any atom is -0.389 e. The predicted octanol–water partition coefficient (Wildman–Crippen LogP) is 1.91. The molecule has 0 bridgehead atoms. The second kappa shape index (κ2) is 8.07. The number of β-amino-alcohol motifs (C(OH)–C–C–N with tert-alkyl or cyclic N) is 1. The van der Waals surface area contributed by atoms with Crippen molar-refractivity contribution in [1.29, 1.82) is 0 Å². The lowest BCUT2D eigenvalue weighted by molar-refractivity contribution is 0.0514. The van der Waals surface area contributed by atoms with Crippen LogP contribution in [0.25, 0.3) is 0 Å². The molecule has 0 fully saturated rings. The van der Waals surface area contributed by atoms with Crippen LogP contribution >= 0.6 is 0 Å². The van der Waals surface area contributed by atoms with E-state index >= 15 is 0 Å². The number of nitrogens with zero attached hydrogens (tertiary/aromatic N) is 4. The molecule has 10 heteroatoms.